The summed E-state index contributed by atoms with van der Waals surface area (Å²) in [4.78, 5) is 12.9. The first kappa shape index (κ1) is 14.0. The van der Waals surface area contributed by atoms with Crippen molar-refractivity contribution in [2.75, 3.05) is 14.1 Å². The Morgan fingerprint density at radius 1 is 1.53 bits per heavy atom. The molecule has 0 aromatic carbocycles. The summed E-state index contributed by atoms with van der Waals surface area (Å²) in [5.41, 5.74) is 5.17. The molecular weight excluding hydrogens is 240 g/mol. The second-order valence-corrected chi connectivity index (χ2v) is 5.25. The number of hydrogen-bond donors (Lipinski definition) is 1. The molecule has 0 radical (unpaired) electrons. The van der Waals surface area contributed by atoms with Gasteiger partial charge in [-0.15, -0.1) is 10.2 Å². The van der Waals surface area contributed by atoms with Crippen LogP contribution in [0.2, 0.25) is 0 Å². The maximum atomic E-state index is 10.9. The molecule has 2 atom stereocenters. The number of carbonyl (C=O) groups is 1. The standard InChI is InChI=1S/C10H18N4O2S/c1-5-7(14(3)4)9-12-13-10(16-9)17-6(2)8(11)15/h6-7H,5H2,1-4H3,(H2,11,15)/t6-,7+/m0/s1. The van der Waals surface area contributed by atoms with Crippen LogP contribution in [0, 0.1) is 0 Å². The van der Waals surface area contributed by atoms with Crippen molar-refractivity contribution in [3.8, 4) is 0 Å². The number of aromatic nitrogens is 2. The number of thioether (sulfide) groups is 1. The quantitative estimate of drug-likeness (QED) is 0.768. The number of nitrogens with two attached hydrogens (primary N) is 1. The van der Waals surface area contributed by atoms with Crippen molar-refractivity contribution in [3.63, 3.8) is 0 Å². The summed E-state index contributed by atoms with van der Waals surface area (Å²) >= 11 is 1.18. The van der Waals surface area contributed by atoms with Crippen molar-refractivity contribution >= 4 is 17.7 Å². The van der Waals surface area contributed by atoms with Crippen LogP contribution in [0.25, 0.3) is 0 Å². The third-order valence-electron chi connectivity index (χ3n) is 2.40. The third-order valence-corrected chi connectivity index (χ3v) is 3.35. The molecule has 96 valence electrons. The minimum absolute atomic E-state index is 0.0979. The average Bonchev–Trinajstić information content (AvgIpc) is 2.66. The van der Waals surface area contributed by atoms with E-state index in [1.54, 1.807) is 6.92 Å². The van der Waals surface area contributed by atoms with Crippen LogP contribution in [0.4, 0.5) is 0 Å². The number of nitrogens with zero attached hydrogens (tertiary/aromatic N) is 3. The summed E-state index contributed by atoms with van der Waals surface area (Å²) in [5.74, 6) is 0.172. The van der Waals surface area contributed by atoms with E-state index in [0.29, 0.717) is 11.1 Å². The smallest absolute Gasteiger partial charge is 0.277 e. The summed E-state index contributed by atoms with van der Waals surface area (Å²) in [6, 6.07) is 0.0979. The summed E-state index contributed by atoms with van der Waals surface area (Å²) in [6.07, 6.45) is 0.880. The van der Waals surface area contributed by atoms with Gasteiger partial charge in [-0.2, -0.15) is 0 Å². The Morgan fingerprint density at radius 2 is 2.18 bits per heavy atom. The summed E-state index contributed by atoms with van der Waals surface area (Å²) < 4.78 is 5.51. The largest absolute Gasteiger partial charge is 0.414 e. The molecule has 1 heterocycles. The average molecular weight is 258 g/mol. The van der Waals surface area contributed by atoms with Crippen molar-refractivity contribution in [3.05, 3.63) is 5.89 Å². The minimum atomic E-state index is -0.394. The van der Waals surface area contributed by atoms with E-state index < -0.39 is 5.91 Å². The highest BCUT2D eigenvalue weighted by Gasteiger charge is 2.21. The first-order chi connectivity index (χ1) is 7.95. The molecule has 0 spiro atoms. The Balaban J connectivity index is 2.74. The molecule has 0 aliphatic heterocycles. The highest BCUT2D eigenvalue weighted by molar-refractivity contribution is 8.00. The minimum Gasteiger partial charge on any atom is -0.414 e. The van der Waals surface area contributed by atoms with E-state index in [9.17, 15) is 4.79 Å². The van der Waals surface area contributed by atoms with Gasteiger partial charge < -0.3 is 10.2 Å². The number of rotatable bonds is 6. The predicted molar refractivity (Wildman–Crippen MR) is 65.5 cm³/mol. The molecule has 0 bridgehead atoms. The van der Waals surface area contributed by atoms with Crippen LogP contribution >= 0.6 is 11.8 Å². The highest BCUT2D eigenvalue weighted by Crippen LogP contribution is 2.26. The summed E-state index contributed by atoms with van der Waals surface area (Å²) in [5, 5.41) is 7.90. The molecule has 0 fully saturated rings. The van der Waals surface area contributed by atoms with Gasteiger partial charge in [0.25, 0.3) is 5.22 Å². The van der Waals surface area contributed by atoms with Crippen molar-refractivity contribution < 1.29 is 9.21 Å². The van der Waals surface area contributed by atoms with Gasteiger partial charge in [-0.3, -0.25) is 9.69 Å². The van der Waals surface area contributed by atoms with Crippen molar-refractivity contribution in [2.45, 2.75) is 36.8 Å². The van der Waals surface area contributed by atoms with E-state index in [0.717, 1.165) is 6.42 Å². The van der Waals surface area contributed by atoms with Gasteiger partial charge in [0.05, 0.1) is 11.3 Å². The van der Waals surface area contributed by atoms with Gasteiger partial charge in [0.2, 0.25) is 11.8 Å². The molecule has 0 aliphatic carbocycles. The van der Waals surface area contributed by atoms with E-state index in [1.807, 2.05) is 25.9 Å². The molecule has 17 heavy (non-hydrogen) atoms. The van der Waals surface area contributed by atoms with Crippen LogP contribution in [-0.4, -0.2) is 40.3 Å². The second-order valence-electron chi connectivity index (χ2n) is 3.96. The van der Waals surface area contributed by atoms with Crippen LogP contribution in [0.15, 0.2) is 9.64 Å². The zero-order chi connectivity index (χ0) is 13.0. The van der Waals surface area contributed by atoms with Crippen molar-refractivity contribution in [2.24, 2.45) is 5.73 Å². The molecule has 0 saturated heterocycles. The van der Waals surface area contributed by atoms with E-state index >= 15 is 0 Å². The molecule has 1 aromatic rings. The molecule has 0 unspecified atom stereocenters. The summed E-state index contributed by atoms with van der Waals surface area (Å²) in [6.45, 7) is 3.76. The number of amides is 1. The van der Waals surface area contributed by atoms with Crippen molar-refractivity contribution in [1.82, 2.24) is 15.1 Å². The molecule has 2 N–H and O–H groups in total. The normalized spacial score (nSPS) is 14.9. The zero-order valence-corrected chi connectivity index (χ0v) is 11.3. The predicted octanol–water partition coefficient (Wildman–Crippen LogP) is 1.05. The topological polar surface area (TPSA) is 85.2 Å². The molecular formula is C10H18N4O2S. The third kappa shape index (κ3) is 3.71. The lowest BCUT2D eigenvalue weighted by atomic mass is 10.2. The molecule has 0 aliphatic rings. The number of hydrogen-bond acceptors (Lipinski definition) is 6. The molecule has 0 saturated carbocycles. The molecule has 1 aromatic heterocycles. The van der Waals surface area contributed by atoms with Crippen LogP contribution < -0.4 is 5.73 Å². The monoisotopic (exact) mass is 258 g/mol. The van der Waals surface area contributed by atoms with Gasteiger partial charge in [-0.05, 0) is 27.4 Å². The molecule has 1 amide bonds. The van der Waals surface area contributed by atoms with Gasteiger partial charge >= 0.3 is 0 Å². The molecule has 1 rings (SSSR count). The van der Waals surface area contributed by atoms with Gasteiger partial charge in [0.1, 0.15) is 0 Å². The maximum Gasteiger partial charge on any atom is 0.277 e. The fraction of sp³-hybridized carbons (Fsp3) is 0.700. The van der Waals surface area contributed by atoms with E-state index in [1.165, 1.54) is 11.8 Å². The lowest BCUT2D eigenvalue weighted by Gasteiger charge is -2.18. The van der Waals surface area contributed by atoms with Gasteiger partial charge in [-0.25, -0.2) is 0 Å². The van der Waals surface area contributed by atoms with E-state index in [4.69, 9.17) is 10.2 Å². The van der Waals surface area contributed by atoms with Crippen LogP contribution in [-0.2, 0) is 4.79 Å². The van der Waals surface area contributed by atoms with Crippen LogP contribution in [0.1, 0.15) is 32.2 Å². The van der Waals surface area contributed by atoms with Crippen LogP contribution in [0.3, 0.4) is 0 Å². The maximum absolute atomic E-state index is 10.9. The van der Waals surface area contributed by atoms with Crippen LogP contribution in [0.5, 0.6) is 0 Å². The Bertz CT molecular complexity index is 380. The fourth-order valence-corrected chi connectivity index (χ4v) is 2.01. The summed E-state index contributed by atoms with van der Waals surface area (Å²) in [7, 11) is 3.91. The highest BCUT2D eigenvalue weighted by atomic mass is 32.2. The lowest BCUT2D eigenvalue weighted by Crippen LogP contribution is -2.22. The second kappa shape index (κ2) is 6.02. The number of primary amides is 1. The van der Waals surface area contributed by atoms with Gasteiger partial charge in [0.15, 0.2) is 0 Å². The Kier molecular flexibility index (Phi) is 4.95. The lowest BCUT2D eigenvalue weighted by molar-refractivity contribution is -0.117. The molecule has 7 heteroatoms. The zero-order valence-electron chi connectivity index (χ0n) is 10.5. The number of carbonyl (C=O) groups excluding carboxylic acids is 1. The van der Waals surface area contributed by atoms with Crippen molar-refractivity contribution in [1.29, 1.82) is 0 Å². The Morgan fingerprint density at radius 3 is 2.65 bits per heavy atom. The first-order valence-corrected chi connectivity index (χ1v) is 6.29. The fourth-order valence-electron chi connectivity index (χ4n) is 1.37. The SMILES string of the molecule is CC[C@H](c1nnc(S[C@@H](C)C(N)=O)o1)N(C)C. The van der Waals surface area contributed by atoms with Gasteiger partial charge in [-0.1, -0.05) is 18.7 Å². The first-order valence-electron chi connectivity index (χ1n) is 5.41. The Hall–Kier alpha value is -1.08. The molecule has 6 nitrogen and oxygen atoms in total. The van der Waals surface area contributed by atoms with E-state index in [-0.39, 0.29) is 11.3 Å². The van der Waals surface area contributed by atoms with E-state index in [2.05, 4.69) is 10.2 Å². The Labute approximate surface area is 105 Å². The van der Waals surface area contributed by atoms with Gasteiger partial charge in [0, 0.05) is 0 Å².